The van der Waals surface area contributed by atoms with Gasteiger partial charge in [-0.15, -0.1) is 0 Å². The Morgan fingerprint density at radius 3 is 2.70 bits per heavy atom. The number of anilines is 2. The molecule has 0 saturated carbocycles. The second kappa shape index (κ2) is 7.75. The van der Waals surface area contributed by atoms with E-state index in [4.69, 9.17) is 10.5 Å². The van der Waals surface area contributed by atoms with Crippen molar-refractivity contribution in [3.8, 4) is 5.75 Å². The number of hydrogen-bond donors (Lipinski definition) is 2. The number of hydrogen-bond acceptors (Lipinski definition) is 4. The minimum Gasteiger partial charge on any atom is -0.497 e. The summed E-state index contributed by atoms with van der Waals surface area (Å²) in [4.78, 5) is 14.0. The highest BCUT2D eigenvalue weighted by Crippen LogP contribution is 2.24. The topological polar surface area (TPSA) is 67.6 Å². The molecule has 3 N–H and O–H groups in total. The van der Waals surface area contributed by atoms with Gasteiger partial charge < -0.3 is 20.7 Å². The maximum Gasteiger partial charge on any atom is 0.225 e. The number of carbonyl (C=O) groups is 1. The van der Waals surface area contributed by atoms with E-state index in [9.17, 15) is 4.79 Å². The molecule has 0 aliphatic carbocycles. The number of ether oxygens (including phenoxy) is 1. The Hall–Kier alpha value is -1.75. The quantitative estimate of drug-likeness (QED) is 0.751. The Balaban J connectivity index is 2.46. The van der Waals surface area contributed by atoms with E-state index >= 15 is 0 Å². The van der Waals surface area contributed by atoms with Crippen LogP contribution < -0.4 is 15.8 Å². The summed E-state index contributed by atoms with van der Waals surface area (Å²) in [5, 5.41) is 2.82. The highest BCUT2D eigenvalue weighted by molar-refractivity contribution is 5.94. The van der Waals surface area contributed by atoms with Crippen molar-refractivity contribution in [3.63, 3.8) is 0 Å². The standard InChI is InChI=1S/C15H25N3O2/c1-11(2)10-18(3)8-7-15(19)17-14-6-5-12(20-4)9-13(14)16/h5-6,9,11H,7-8,10,16H2,1-4H3,(H,17,19). The molecule has 1 rings (SSSR count). The summed E-state index contributed by atoms with van der Waals surface area (Å²) in [6.07, 6.45) is 0.453. The lowest BCUT2D eigenvalue weighted by Crippen LogP contribution is -2.27. The smallest absolute Gasteiger partial charge is 0.225 e. The van der Waals surface area contributed by atoms with Gasteiger partial charge >= 0.3 is 0 Å². The van der Waals surface area contributed by atoms with Crippen molar-refractivity contribution in [2.24, 2.45) is 5.92 Å². The Morgan fingerprint density at radius 1 is 1.45 bits per heavy atom. The largest absolute Gasteiger partial charge is 0.497 e. The predicted molar refractivity (Wildman–Crippen MR) is 83.0 cm³/mol. The first-order chi connectivity index (χ1) is 9.42. The average Bonchev–Trinajstić information content (AvgIpc) is 2.38. The molecule has 0 unspecified atom stereocenters. The van der Waals surface area contributed by atoms with Crippen molar-refractivity contribution in [2.75, 3.05) is 38.3 Å². The van der Waals surface area contributed by atoms with E-state index in [2.05, 4.69) is 24.1 Å². The predicted octanol–water partition coefficient (Wildman–Crippen LogP) is 2.19. The fraction of sp³-hybridized carbons (Fsp3) is 0.533. The first-order valence-electron chi connectivity index (χ1n) is 6.84. The van der Waals surface area contributed by atoms with Crippen LogP contribution in [0.4, 0.5) is 11.4 Å². The molecule has 0 aliphatic heterocycles. The van der Waals surface area contributed by atoms with Gasteiger partial charge in [0.1, 0.15) is 5.75 Å². The van der Waals surface area contributed by atoms with Crippen molar-refractivity contribution < 1.29 is 9.53 Å². The lowest BCUT2D eigenvalue weighted by atomic mass is 10.2. The Kier molecular flexibility index (Phi) is 6.31. The van der Waals surface area contributed by atoms with E-state index < -0.39 is 0 Å². The zero-order chi connectivity index (χ0) is 15.1. The maximum atomic E-state index is 11.9. The van der Waals surface area contributed by atoms with Crippen molar-refractivity contribution in [1.29, 1.82) is 0 Å². The average molecular weight is 279 g/mol. The third-order valence-corrected chi connectivity index (χ3v) is 2.93. The summed E-state index contributed by atoms with van der Waals surface area (Å²) in [5.41, 5.74) is 7.00. The molecular formula is C15H25N3O2. The van der Waals surface area contributed by atoms with E-state index in [1.165, 1.54) is 0 Å². The van der Waals surface area contributed by atoms with E-state index in [-0.39, 0.29) is 5.91 Å². The lowest BCUT2D eigenvalue weighted by Gasteiger charge is -2.18. The van der Waals surface area contributed by atoms with E-state index in [1.54, 1.807) is 25.3 Å². The zero-order valence-corrected chi connectivity index (χ0v) is 12.8. The molecule has 0 bridgehead atoms. The van der Waals surface area contributed by atoms with Crippen LogP contribution in [-0.4, -0.2) is 38.1 Å². The third-order valence-electron chi connectivity index (χ3n) is 2.93. The van der Waals surface area contributed by atoms with E-state index in [1.807, 2.05) is 7.05 Å². The van der Waals surface area contributed by atoms with Crippen LogP contribution in [-0.2, 0) is 4.79 Å². The molecule has 0 heterocycles. The van der Waals surface area contributed by atoms with Gasteiger partial charge in [0.2, 0.25) is 5.91 Å². The molecule has 0 fully saturated rings. The molecule has 112 valence electrons. The molecule has 0 saturated heterocycles. The molecular weight excluding hydrogens is 254 g/mol. The van der Waals surface area contributed by atoms with Gasteiger partial charge in [-0.2, -0.15) is 0 Å². The first kappa shape index (κ1) is 16.3. The van der Waals surface area contributed by atoms with Gasteiger partial charge in [-0.3, -0.25) is 4.79 Å². The summed E-state index contributed by atoms with van der Waals surface area (Å²) in [7, 11) is 3.60. The van der Waals surface area contributed by atoms with Crippen molar-refractivity contribution in [2.45, 2.75) is 20.3 Å². The molecule has 1 aromatic rings. The van der Waals surface area contributed by atoms with Gasteiger partial charge in [-0.05, 0) is 25.1 Å². The number of nitrogens with zero attached hydrogens (tertiary/aromatic N) is 1. The Morgan fingerprint density at radius 2 is 2.15 bits per heavy atom. The van der Waals surface area contributed by atoms with Crippen LogP contribution in [0.25, 0.3) is 0 Å². The van der Waals surface area contributed by atoms with Crippen LogP contribution in [0, 0.1) is 5.92 Å². The number of nitrogens with two attached hydrogens (primary N) is 1. The maximum absolute atomic E-state index is 11.9. The Bertz CT molecular complexity index is 447. The van der Waals surface area contributed by atoms with Crippen molar-refractivity contribution >= 4 is 17.3 Å². The van der Waals surface area contributed by atoms with Gasteiger partial charge in [0.05, 0.1) is 18.5 Å². The summed E-state index contributed by atoms with van der Waals surface area (Å²) in [6.45, 7) is 6.04. The molecule has 0 spiro atoms. The van der Waals surface area contributed by atoms with Gasteiger partial charge in [0, 0.05) is 25.6 Å². The van der Waals surface area contributed by atoms with E-state index in [0.29, 0.717) is 29.5 Å². The molecule has 5 nitrogen and oxygen atoms in total. The Labute approximate surface area is 121 Å². The van der Waals surface area contributed by atoms with Crippen LogP contribution in [0.2, 0.25) is 0 Å². The van der Waals surface area contributed by atoms with E-state index in [0.717, 1.165) is 13.1 Å². The van der Waals surface area contributed by atoms with Crippen LogP contribution >= 0.6 is 0 Å². The monoisotopic (exact) mass is 279 g/mol. The molecule has 0 aromatic heterocycles. The zero-order valence-electron chi connectivity index (χ0n) is 12.8. The minimum atomic E-state index is -0.0301. The number of amides is 1. The number of nitrogens with one attached hydrogen (secondary N) is 1. The van der Waals surface area contributed by atoms with Gasteiger partial charge in [0.25, 0.3) is 0 Å². The summed E-state index contributed by atoms with van der Waals surface area (Å²) >= 11 is 0. The fourth-order valence-corrected chi connectivity index (χ4v) is 2.00. The lowest BCUT2D eigenvalue weighted by molar-refractivity contribution is -0.116. The SMILES string of the molecule is COc1ccc(NC(=O)CCN(C)CC(C)C)c(N)c1. The molecule has 5 heteroatoms. The number of carbonyl (C=O) groups excluding carboxylic acids is 1. The third kappa shape index (κ3) is 5.48. The molecule has 0 radical (unpaired) electrons. The van der Waals surface area contributed by atoms with Crippen LogP contribution in [0.15, 0.2) is 18.2 Å². The second-order valence-corrected chi connectivity index (χ2v) is 5.41. The van der Waals surface area contributed by atoms with Crippen LogP contribution in [0.5, 0.6) is 5.75 Å². The fourth-order valence-electron chi connectivity index (χ4n) is 2.00. The number of rotatable bonds is 7. The summed E-state index contributed by atoms with van der Waals surface area (Å²) < 4.78 is 5.07. The summed E-state index contributed by atoms with van der Waals surface area (Å²) in [6, 6.07) is 5.22. The molecule has 1 aromatic carbocycles. The highest BCUT2D eigenvalue weighted by Gasteiger charge is 2.08. The number of methoxy groups -OCH3 is 1. The molecule has 0 atom stereocenters. The van der Waals surface area contributed by atoms with Crippen LogP contribution in [0.3, 0.4) is 0 Å². The van der Waals surface area contributed by atoms with Crippen LogP contribution in [0.1, 0.15) is 20.3 Å². The van der Waals surface area contributed by atoms with Crippen molar-refractivity contribution in [1.82, 2.24) is 4.90 Å². The minimum absolute atomic E-state index is 0.0301. The highest BCUT2D eigenvalue weighted by atomic mass is 16.5. The molecule has 1 amide bonds. The number of nitrogen functional groups attached to an aromatic ring is 1. The van der Waals surface area contributed by atoms with Gasteiger partial charge in [-0.1, -0.05) is 13.8 Å². The van der Waals surface area contributed by atoms with Crippen molar-refractivity contribution in [3.05, 3.63) is 18.2 Å². The summed E-state index contributed by atoms with van der Waals surface area (Å²) in [5.74, 6) is 1.25. The normalized spacial score (nSPS) is 10.9. The molecule has 0 aliphatic rings. The van der Waals surface area contributed by atoms with Gasteiger partial charge in [-0.25, -0.2) is 0 Å². The molecule has 20 heavy (non-hydrogen) atoms. The first-order valence-corrected chi connectivity index (χ1v) is 6.84. The number of benzene rings is 1. The van der Waals surface area contributed by atoms with Gasteiger partial charge in [0.15, 0.2) is 0 Å². The second-order valence-electron chi connectivity index (χ2n) is 5.41.